The van der Waals surface area contributed by atoms with Crippen LogP contribution in [0, 0.1) is 17.2 Å². The molecule has 2 aromatic rings. The molecule has 1 saturated heterocycles. The van der Waals surface area contributed by atoms with Crippen LogP contribution >= 0.6 is 0 Å². The van der Waals surface area contributed by atoms with Gasteiger partial charge in [-0.15, -0.1) is 0 Å². The zero-order valence-electron chi connectivity index (χ0n) is 13.5. The number of rotatable bonds is 5. The Morgan fingerprint density at radius 3 is 2.62 bits per heavy atom. The lowest BCUT2D eigenvalue weighted by Gasteiger charge is -2.29. The maximum atomic E-state index is 8.74. The summed E-state index contributed by atoms with van der Waals surface area (Å²) >= 11 is 0. The maximum Gasteiger partial charge on any atom is 0.158 e. The number of aromatic nitrogens is 4. The van der Waals surface area contributed by atoms with E-state index in [9.17, 15) is 0 Å². The number of anilines is 3. The molecule has 3 rings (SSSR count). The van der Waals surface area contributed by atoms with E-state index in [1.807, 2.05) is 12.1 Å². The van der Waals surface area contributed by atoms with Crippen molar-refractivity contribution in [2.45, 2.75) is 25.8 Å². The summed E-state index contributed by atoms with van der Waals surface area (Å²) in [7, 11) is 0. The molecule has 1 fully saturated rings. The van der Waals surface area contributed by atoms with Gasteiger partial charge in [-0.2, -0.15) is 5.26 Å². The average molecular weight is 324 g/mol. The minimum Gasteiger partial charge on any atom is -0.367 e. The Balaban J connectivity index is 1.63. The van der Waals surface area contributed by atoms with Crippen LogP contribution in [-0.4, -0.2) is 39.1 Å². The van der Waals surface area contributed by atoms with Gasteiger partial charge >= 0.3 is 0 Å². The van der Waals surface area contributed by atoms with Crippen LogP contribution in [0.5, 0.6) is 0 Å². The van der Waals surface area contributed by atoms with Gasteiger partial charge in [0, 0.05) is 12.1 Å². The zero-order valence-corrected chi connectivity index (χ0v) is 13.5. The van der Waals surface area contributed by atoms with Crippen molar-refractivity contribution in [2.24, 2.45) is 5.92 Å². The Morgan fingerprint density at radius 1 is 1.12 bits per heavy atom. The van der Waals surface area contributed by atoms with E-state index in [1.54, 1.807) is 0 Å². The summed E-state index contributed by atoms with van der Waals surface area (Å²) in [5.41, 5.74) is 0.279. The van der Waals surface area contributed by atoms with Crippen LogP contribution < -0.4 is 16.0 Å². The van der Waals surface area contributed by atoms with Crippen molar-refractivity contribution in [3.05, 3.63) is 30.5 Å². The second-order valence-electron chi connectivity index (χ2n) is 5.83. The first kappa shape index (κ1) is 16.1. The van der Waals surface area contributed by atoms with Crippen LogP contribution in [0.1, 0.15) is 25.5 Å². The van der Waals surface area contributed by atoms with Crippen molar-refractivity contribution in [2.75, 3.05) is 23.7 Å². The van der Waals surface area contributed by atoms with Gasteiger partial charge in [-0.05, 0) is 38.8 Å². The van der Waals surface area contributed by atoms with Crippen LogP contribution in [0.4, 0.5) is 17.5 Å². The van der Waals surface area contributed by atoms with Crippen molar-refractivity contribution in [3.8, 4) is 6.07 Å². The summed E-state index contributed by atoms with van der Waals surface area (Å²) < 4.78 is 0. The first-order valence-electron chi connectivity index (χ1n) is 8.03. The fraction of sp³-hybridized carbons (Fsp3) is 0.438. The molecule has 0 amide bonds. The van der Waals surface area contributed by atoms with Crippen LogP contribution in [0.25, 0.3) is 0 Å². The van der Waals surface area contributed by atoms with Gasteiger partial charge in [-0.25, -0.2) is 19.9 Å². The largest absolute Gasteiger partial charge is 0.367 e. The molecule has 2 aromatic heterocycles. The monoisotopic (exact) mass is 324 g/mol. The highest BCUT2D eigenvalue weighted by Gasteiger charge is 2.20. The first-order valence-corrected chi connectivity index (χ1v) is 8.03. The third-order valence-electron chi connectivity index (χ3n) is 4.16. The van der Waals surface area contributed by atoms with Gasteiger partial charge in [0.05, 0.1) is 12.4 Å². The van der Waals surface area contributed by atoms with Crippen molar-refractivity contribution in [3.63, 3.8) is 0 Å². The second-order valence-corrected chi connectivity index (χ2v) is 5.83. The normalized spacial score (nSPS) is 16.2. The van der Waals surface area contributed by atoms with Crippen LogP contribution in [0.2, 0.25) is 0 Å². The van der Waals surface area contributed by atoms with Crippen molar-refractivity contribution >= 4 is 17.5 Å². The molecular formula is C16H20N8. The highest BCUT2D eigenvalue weighted by molar-refractivity contribution is 5.55. The molecule has 3 N–H and O–H groups in total. The van der Waals surface area contributed by atoms with E-state index in [2.05, 4.69) is 42.8 Å². The fourth-order valence-electron chi connectivity index (χ4n) is 2.78. The Morgan fingerprint density at radius 2 is 1.92 bits per heavy atom. The van der Waals surface area contributed by atoms with Gasteiger partial charge in [0.1, 0.15) is 29.9 Å². The van der Waals surface area contributed by atoms with E-state index in [0.717, 1.165) is 18.9 Å². The zero-order chi connectivity index (χ0) is 16.8. The number of hydrogen-bond donors (Lipinski definition) is 3. The molecule has 0 radical (unpaired) electrons. The van der Waals surface area contributed by atoms with E-state index in [1.165, 1.54) is 31.6 Å². The third kappa shape index (κ3) is 4.14. The molecule has 8 nitrogen and oxygen atoms in total. The topological polar surface area (TPSA) is 111 Å². The predicted octanol–water partition coefficient (Wildman–Crippen LogP) is 1.68. The highest BCUT2D eigenvalue weighted by atomic mass is 15.1. The smallest absolute Gasteiger partial charge is 0.158 e. The minimum atomic E-state index is 0.279. The summed E-state index contributed by atoms with van der Waals surface area (Å²) in [4.78, 5) is 16.6. The number of hydrogen-bond acceptors (Lipinski definition) is 8. The molecule has 3 heterocycles. The van der Waals surface area contributed by atoms with Gasteiger partial charge in [0.2, 0.25) is 0 Å². The quantitative estimate of drug-likeness (QED) is 0.761. The van der Waals surface area contributed by atoms with Gasteiger partial charge in [0.15, 0.2) is 5.69 Å². The van der Waals surface area contributed by atoms with E-state index >= 15 is 0 Å². The van der Waals surface area contributed by atoms with E-state index < -0.39 is 0 Å². The van der Waals surface area contributed by atoms with Gasteiger partial charge < -0.3 is 16.0 Å². The van der Waals surface area contributed by atoms with E-state index in [0.29, 0.717) is 23.6 Å². The number of piperidine rings is 1. The second kappa shape index (κ2) is 7.66. The van der Waals surface area contributed by atoms with Crippen LogP contribution in [-0.2, 0) is 0 Å². The Labute approximate surface area is 140 Å². The molecule has 0 bridgehead atoms. The Kier molecular flexibility index (Phi) is 5.13. The molecule has 1 atom stereocenters. The molecule has 1 aliphatic rings. The lowest BCUT2D eigenvalue weighted by molar-refractivity contribution is 0.342. The van der Waals surface area contributed by atoms with Gasteiger partial charge in [0.25, 0.3) is 0 Å². The summed E-state index contributed by atoms with van der Waals surface area (Å²) in [6, 6.07) is 4.13. The summed E-state index contributed by atoms with van der Waals surface area (Å²) in [6.07, 6.45) is 6.78. The fourth-order valence-corrected chi connectivity index (χ4v) is 2.78. The summed E-state index contributed by atoms with van der Waals surface area (Å²) in [5.74, 6) is 2.58. The lowest BCUT2D eigenvalue weighted by Crippen LogP contribution is -2.36. The van der Waals surface area contributed by atoms with Gasteiger partial charge in [-0.1, -0.05) is 0 Å². The molecule has 0 spiro atoms. The predicted molar refractivity (Wildman–Crippen MR) is 90.7 cm³/mol. The molecule has 0 aliphatic carbocycles. The van der Waals surface area contributed by atoms with Crippen LogP contribution in [0.3, 0.4) is 0 Å². The number of nitrogens with one attached hydrogen (secondary N) is 3. The average Bonchev–Trinajstić information content (AvgIpc) is 2.63. The van der Waals surface area contributed by atoms with Gasteiger partial charge in [-0.3, -0.25) is 0 Å². The molecule has 0 unspecified atom stereocenters. The SMILES string of the molecule is C[C@H](Nc1cc(Nc2cnc(C#N)cn2)ncn1)C1CCNCC1. The van der Waals surface area contributed by atoms with Crippen molar-refractivity contribution in [1.82, 2.24) is 25.3 Å². The molecule has 0 saturated carbocycles. The molecule has 0 aromatic carbocycles. The Bertz CT molecular complexity index is 703. The van der Waals surface area contributed by atoms with E-state index in [4.69, 9.17) is 5.26 Å². The molecule has 1 aliphatic heterocycles. The molecule has 124 valence electrons. The number of nitriles is 1. The van der Waals surface area contributed by atoms with Crippen molar-refractivity contribution in [1.29, 1.82) is 5.26 Å². The summed E-state index contributed by atoms with van der Waals surface area (Å²) in [5, 5.41) is 18.6. The molecular weight excluding hydrogens is 304 g/mol. The molecule has 8 heteroatoms. The van der Waals surface area contributed by atoms with E-state index in [-0.39, 0.29) is 5.69 Å². The van der Waals surface area contributed by atoms with Crippen molar-refractivity contribution < 1.29 is 0 Å². The Hall–Kier alpha value is -2.79. The van der Waals surface area contributed by atoms with Crippen LogP contribution in [0.15, 0.2) is 24.8 Å². The highest BCUT2D eigenvalue weighted by Crippen LogP contribution is 2.20. The molecule has 24 heavy (non-hydrogen) atoms. The lowest BCUT2D eigenvalue weighted by atomic mass is 9.91. The maximum absolute atomic E-state index is 8.74. The minimum absolute atomic E-state index is 0.279. The number of nitrogens with zero attached hydrogens (tertiary/aromatic N) is 5. The standard InChI is InChI=1S/C16H20N8/c1-11(12-2-4-18-5-3-12)23-14-6-15(22-10-21-14)24-16-9-19-13(7-17)8-20-16/h6,8-12,18H,2-5H2,1H3,(H2,20,21,22,23,24)/t11-/m0/s1. The summed E-state index contributed by atoms with van der Waals surface area (Å²) in [6.45, 7) is 4.34. The first-order chi connectivity index (χ1) is 11.7. The third-order valence-corrected chi connectivity index (χ3v) is 4.16.